The van der Waals surface area contributed by atoms with Crippen LogP contribution >= 0.6 is 0 Å². The summed E-state index contributed by atoms with van der Waals surface area (Å²) in [5, 5.41) is 14.6. The first kappa shape index (κ1) is 14.4. The summed E-state index contributed by atoms with van der Waals surface area (Å²) in [6.07, 6.45) is 3.31. The van der Waals surface area contributed by atoms with Crippen LogP contribution in [-0.4, -0.2) is 17.1 Å². The molecular weight excluding hydrogens is 250 g/mol. The number of carboxylic acids is 1. The SMILES string of the molecule is CCCC(CC)Nc1ccc(C(=O)O)c2ccccc12. The number of hydrogen-bond donors (Lipinski definition) is 2. The Hall–Kier alpha value is -2.03. The zero-order valence-electron chi connectivity index (χ0n) is 12.0. The van der Waals surface area contributed by atoms with Crippen LogP contribution in [0, 0.1) is 0 Å². The van der Waals surface area contributed by atoms with E-state index >= 15 is 0 Å². The highest BCUT2D eigenvalue weighted by Crippen LogP contribution is 2.28. The zero-order chi connectivity index (χ0) is 14.5. The van der Waals surface area contributed by atoms with Crippen molar-refractivity contribution in [2.75, 3.05) is 5.32 Å². The zero-order valence-corrected chi connectivity index (χ0v) is 12.0. The Morgan fingerprint density at radius 2 is 1.85 bits per heavy atom. The number of aromatic carboxylic acids is 1. The number of fused-ring (bicyclic) bond motifs is 1. The van der Waals surface area contributed by atoms with E-state index in [0.717, 1.165) is 35.7 Å². The monoisotopic (exact) mass is 271 g/mol. The molecule has 0 radical (unpaired) electrons. The van der Waals surface area contributed by atoms with Crippen molar-refractivity contribution in [2.24, 2.45) is 0 Å². The molecule has 0 aliphatic heterocycles. The second kappa shape index (κ2) is 6.42. The molecule has 2 rings (SSSR count). The summed E-state index contributed by atoms with van der Waals surface area (Å²) >= 11 is 0. The first-order valence-electron chi connectivity index (χ1n) is 7.19. The van der Waals surface area contributed by atoms with Crippen LogP contribution < -0.4 is 5.32 Å². The van der Waals surface area contributed by atoms with Crippen molar-refractivity contribution in [3.8, 4) is 0 Å². The highest BCUT2D eigenvalue weighted by Gasteiger charge is 2.12. The topological polar surface area (TPSA) is 49.3 Å². The van der Waals surface area contributed by atoms with Crippen molar-refractivity contribution in [1.29, 1.82) is 0 Å². The lowest BCUT2D eigenvalue weighted by molar-refractivity contribution is 0.0699. The van der Waals surface area contributed by atoms with Gasteiger partial charge in [0.25, 0.3) is 0 Å². The molecule has 2 N–H and O–H groups in total. The van der Waals surface area contributed by atoms with Gasteiger partial charge >= 0.3 is 5.97 Å². The summed E-state index contributed by atoms with van der Waals surface area (Å²) < 4.78 is 0. The molecule has 0 aromatic heterocycles. The van der Waals surface area contributed by atoms with Gasteiger partial charge < -0.3 is 10.4 Å². The lowest BCUT2D eigenvalue weighted by atomic mass is 10.0. The number of benzene rings is 2. The average Bonchev–Trinajstić information content (AvgIpc) is 2.46. The van der Waals surface area contributed by atoms with Crippen molar-refractivity contribution in [3.05, 3.63) is 42.0 Å². The quantitative estimate of drug-likeness (QED) is 0.811. The number of carbonyl (C=O) groups is 1. The molecule has 0 aliphatic carbocycles. The Labute approximate surface area is 119 Å². The predicted molar refractivity (Wildman–Crippen MR) is 83.5 cm³/mol. The Balaban J connectivity index is 2.45. The summed E-state index contributed by atoms with van der Waals surface area (Å²) in [5.74, 6) is -0.881. The number of hydrogen-bond acceptors (Lipinski definition) is 2. The number of nitrogens with one attached hydrogen (secondary N) is 1. The average molecular weight is 271 g/mol. The van der Waals surface area contributed by atoms with Gasteiger partial charge in [0.15, 0.2) is 0 Å². The van der Waals surface area contributed by atoms with Crippen molar-refractivity contribution < 1.29 is 9.90 Å². The molecule has 3 heteroatoms. The maximum absolute atomic E-state index is 11.3. The molecule has 0 aliphatic rings. The van der Waals surface area contributed by atoms with E-state index in [0.29, 0.717) is 11.6 Å². The smallest absolute Gasteiger partial charge is 0.336 e. The number of rotatable bonds is 6. The largest absolute Gasteiger partial charge is 0.478 e. The van der Waals surface area contributed by atoms with Crippen LogP contribution in [-0.2, 0) is 0 Å². The van der Waals surface area contributed by atoms with Gasteiger partial charge in [-0.2, -0.15) is 0 Å². The molecule has 2 aromatic carbocycles. The fourth-order valence-corrected chi connectivity index (χ4v) is 2.56. The summed E-state index contributed by atoms with van der Waals surface area (Å²) in [6, 6.07) is 11.7. The first-order chi connectivity index (χ1) is 9.67. The minimum atomic E-state index is -0.881. The molecule has 1 atom stereocenters. The Morgan fingerprint density at radius 1 is 1.15 bits per heavy atom. The van der Waals surface area contributed by atoms with E-state index in [1.54, 1.807) is 6.07 Å². The van der Waals surface area contributed by atoms with Gasteiger partial charge in [-0.3, -0.25) is 0 Å². The van der Waals surface area contributed by atoms with Gasteiger partial charge in [-0.15, -0.1) is 0 Å². The molecule has 20 heavy (non-hydrogen) atoms. The second-order valence-corrected chi connectivity index (χ2v) is 5.05. The lowest BCUT2D eigenvalue weighted by Crippen LogP contribution is -2.18. The van der Waals surface area contributed by atoms with Crippen LogP contribution in [0.3, 0.4) is 0 Å². The summed E-state index contributed by atoms with van der Waals surface area (Å²) in [6.45, 7) is 4.34. The van der Waals surface area contributed by atoms with E-state index in [1.807, 2.05) is 30.3 Å². The molecule has 3 nitrogen and oxygen atoms in total. The minimum Gasteiger partial charge on any atom is -0.478 e. The summed E-state index contributed by atoms with van der Waals surface area (Å²) in [7, 11) is 0. The van der Waals surface area contributed by atoms with Crippen molar-refractivity contribution in [3.63, 3.8) is 0 Å². The predicted octanol–water partition coefficient (Wildman–Crippen LogP) is 4.53. The van der Waals surface area contributed by atoms with E-state index in [2.05, 4.69) is 19.2 Å². The van der Waals surface area contributed by atoms with Crippen LogP contribution in [0.1, 0.15) is 43.5 Å². The van der Waals surface area contributed by atoms with E-state index in [-0.39, 0.29) is 0 Å². The van der Waals surface area contributed by atoms with Crippen LogP contribution in [0.2, 0.25) is 0 Å². The van der Waals surface area contributed by atoms with Crippen LogP contribution in [0.5, 0.6) is 0 Å². The molecule has 0 saturated heterocycles. The lowest BCUT2D eigenvalue weighted by Gasteiger charge is -2.19. The van der Waals surface area contributed by atoms with Gasteiger partial charge in [-0.25, -0.2) is 4.79 Å². The Kier molecular flexibility index (Phi) is 4.61. The minimum absolute atomic E-state index is 0.356. The molecule has 0 spiro atoms. The Morgan fingerprint density at radius 3 is 2.45 bits per heavy atom. The fourth-order valence-electron chi connectivity index (χ4n) is 2.56. The standard InChI is InChI=1S/C17H21NO2/c1-3-7-12(4-2)18-16-11-10-15(17(19)20)13-8-5-6-9-14(13)16/h5-6,8-12,18H,3-4,7H2,1-2H3,(H,19,20). The molecule has 0 saturated carbocycles. The molecular formula is C17H21NO2. The third-order valence-electron chi connectivity index (χ3n) is 3.64. The van der Waals surface area contributed by atoms with Crippen LogP contribution in [0.15, 0.2) is 36.4 Å². The van der Waals surface area contributed by atoms with E-state index in [9.17, 15) is 9.90 Å². The fraction of sp³-hybridized carbons (Fsp3) is 0.353. The van der Waals surface area contributed by atoms with Crippen LogP contribution in [0.25, 0.3) is 10.8 Å². The number of anilines is 1. The van der Waals surface area contributed by atoms with E-state index < -0.39 is 5.97 Å². The molecule has 106 valence electrons. The van der Waals surface area contributed by atoms with Crippen LogP contribution in [0.4, 0.5) is 5.69 Å². The van der Waals surface area contributed by atoms with E-state index in [1.165, 1.54) is 0 Å². The van der Waals surface area contributed by atoms with Gasteiger partial charge in [0.1, 0.15) is 0 Å². The third kappa shape index (κ3) is 2.93. The highest BCUT2D eigenvalue weighted by atomic mass is 16.4. The number of carboxylic acid groups (broad SMARTS) is 1. The highest BCUT2D eigenvalue weighted by molar-refractivity contribution is 6.07. The second-order valence-electron chi connectivity index (χ2n) is 5.05. The summed E-state index contributed by atoms with van der Waals surface area (Å²) in [4.78, 5) is 11.3. The van der Waals surface area contributed by atoms with E-state index in [4.69, 9.17) is 0 Å². The van der Waals surface area contributed by atoms with Crippen molar-refractivity contribution >= 4 is 22.4 Å². The maximum Gasteiger partial charge on any atom is 0.336 e. The summed E-state index contributed by atoms with van der Waals surface area (Å²) in [5.41, 5.74) is 1.38. The molecule has 0 bridgehead atoms. The molecule has 0 heterocycles. The first-order valence-corrected chi connectivity index (χ1v) is 7.19. The van der Waals surface area contributed by atoms with Gasteiger partial charge in [0, 0.05) is 17.1 Å². The van der Waals surface area contributed by atoms with Gasteiger partial charge in [0.05, 0.1) is 5.56 Å². The third-order valence-corrected chi connectivity index (χ3v) is 3.64. The molecule has 2 aromatic rings. The van der Waals surface area contributed by atoms with Crippen molar-refractivity contribution in [1.82, 2.24) is 0 Å². The van der Waals surface area contributed by atoms with Gasteiger partial charge in [-0.05, 0) is 30.4 Å². The Bertz CT molecular complexity index is 607. The maximum atomic E-state index is 11.3. The van der Waals surface area contributed by atoms with Gasteiger partial charge in [0.2, 0.25) is 0 Å². The molecule has 1 unspecified atom stereocenters. The van der Waals surface area contributed by atoms with Crippen molar-refractivity contribution in [2.45, 2.75) is 39.2 Å². The van der Waals surface area contributed by atoms with Gasteiger partial charge in [-0.1, -0.05) is 44.5 Å². The molecule has 0 amide bonds. The molecule has 0 fully saturated rings. The normalized spacial score (nSPS) is 12.3.